The molecule has 0 amide bonds. The van der Waals surface area contributed by atoms with E-state index < -0.39 is 22.4 Å². The summed E-state index contributed by atoms with van der Waals surface area (Å²) in [5.74, 6) is 0. The lowest BCUT2D eigenvalue weighted by atomic mass is 9.90. The van der Waals surface area contributed by atoms with Crippen molar-refractivity contribution in [2.45, 2.75) is 90.9 Å². The molecule has 0 unspecified atom stereocenters. The molecular weight excluding hydrogens is 282 g/mol. The summed E-state index contributed by atoms with van der Waals surface area (Å²) in [7, 11) is 0.417. The van der Waals surface area contributed by atoms with Crippen LogP contribution in [0.4, 0.5) is 0 Å². The van der Waals surface area contributed by atoms with Gasteiger partial charge in [0.05, 0.1) is 39.2 Å². The lowest BCUT2D eigenvalue weighted by Crippen LogP contribution is -2.44. The zero-order chi connectivity index (χ0) is 16.7. The van der Waals surface area contributed by atoms with Gasteiger partial charge in [-0.3, -0.25) is 0 Å². The summed E-state index contributed by atoms with van der Waals surface area (Å²) in [6.45, 7) is 17.1. The van der Waals surface area contributed by atoms with Gasteiger partial charge in [-0.15, -0.1) is 0 Å². The summed E-state index contributed by atoms with van der Waals surface area (Å²) in [6.07, 6.45) is 0. The van der Waals surface area contributed by atoms with Crippen LogP contribution < -0.4 is 0 Å². The lowest BCUT2D eigenvalue weighted by molar-refractivity contribution is -0.107. The molecule has 0 radical (unpaired) electrons. The Bertz CT molecular complexity index is 175. The monoisotopic (exact) mass is 324 g/mol. The first-order chi connectivity index (χ1) is 7.91. The first-order valence-electron chi connectivity index (χ1n) is 6.81. The average molecular weight is 324 g/mol. The molecular formula is C14H42B2O4Si. The van der Waals surface area contributed by atoms with Crippen LogP contribution in [0.3, 0.4) is 0 Å². The molecule has 0 atom stereocenters. The first kappa shape index (κ1) is 33.0. The molecule has 0 aromatic heterocycles. The Labute approximate surface area is 138 Å². The minimum atomic E-state index is -1.01. The van der Waals surface area contributed by atoms with E-state index in [1.807, 2.05) is 0 Å². The van der Waals surface area contributed by atoms with Crippen LogP contribution in [0.25, 0.3) is 0 Å². The van der Waals surface area contributed by atoms with E-state index in [4.69, 9.17) is 20.4 Å². The van der Waals surface area contributed by atoms with E-state index in [2.05, 4.69) is 13.1 Å². The zero-order valence-electron chi connectivity index (χ0n) is 14.5. The summed E-state index contributed by atoms with van der Waals surface area (Å²) < 4.78 is 0. The molecule has 7 heteroatoms. The van der Waals surface area contributed by atoms with Crippen LogP contribution in [-0.4, -0.2) is 69.2 Å². The Morgan fingerprint density at radius 1 is 0.476 bits per heavy atom. The fourth-order valence-electron chi connectivity index (χ4n) is 0. The second-order valence-electron chi connectivity index (χ2n) is 6.94. The second-order valence-corrected chi connectivity index (χ2v) is 8.36. The van der Waals surface area contributed by atoms with Gasteiger partial charge in [0, 0.05) is 9.52 Å². The molecule has 0 heterocycles. The molecule has 0 aromatic rings. The minimum Gasteiger partial charge on any atom is -0.387 e. The fourth-order valence-corrected chi connectivity index (χ4v) is 0. The molecule has 0 aliphatic heterocycles. The maximum absolute atomic E-state index is 9.10. The van der Waals surface area contributed by atoms with Gasteiger partial charge in [0.25, 0.3) is 0 Å². The third-order valence-corrected chi connectivity index (χ3v) is 2.99. The summed E-state index contributed by atoms with van der Waals surface area (Å²) in [4.78, 5) is 0. The average Bonchev–Trinajstić information content (AvgIpc) is 1.97. The van der Waals surface area contributed by atoms with Crippen molar-refractivity contribution in [3.8, 4) is 0 Å². The predicted molar refractivity (Wildman–Crippen MR) is 105 cm³/mol. The van der Waals surface area contributed by atoms with Gasteiger partial charge < -0.3 is 20.4 Å². The Morgan fingerprint density at radius 2 is 0.524 bits per heavy atom. The van der Waals surface area contributed by atoms with E-state index >= 15 is 0 Å². The summed E-state index contributed by atoms with van der Waals surface area (Å²) in [5.41, 5.74) is -4.03. The standard InChI is InChI=1S/2C6H14O2.C2H8Si.2BH3/c2*1-5(2,7)6(3,4)8;1-3-2;;/h2*7-8H,1-4H3;3H2,1-2H3;2*1H3. The molecule has 21 heavy (non-hydrogen) atoms. The van der Waals surface area contributed by atoms with E-state index in [1.54, 1.807) is 55.4 Å². The highest BCUT2D eigenvalue weighted by atomic mass is 28.2. The fraction of sp³-hybridized carbons (Fsp3) is 1.00. The summed E-state index contributed by atoms with van der Waals surface area (Å²) >= 11 is 0. The molecule has 0 aliphatic rings. The van der Waals surface area contributed by atoms with Crippen molar-refractivity contribution in [3.63, 3.8) is 0 Å². The van der Waals surface area contributed by atoms with Crippen LogP contribution in [0.1, 0.15) is 55.4 Å². The molecule has 0 bridgehead atoms. The van der Waals surface area contributed by atoms with Gasteiger partial charge >= 0.3 is 0 Å². The van der Waals surface area contributed by atoms with E-state index in [1.165, 1.54) is 0 Å². The van der Waals surface area contributed by atoms with Gasteiger partial charge in [0.15, 0.2) is 0 Å². The zero-order valence-corrected chi connectivity index (χ0v) is 15.9. The van der Waals surface area contributed by atoms with Gasteiger partial charge in [-0.1, -0.05) is 13.1 Å². The second kappa shape index (κ2) is 11.7. The van der Waals surface area contributed by atoms with Crippen LogP contribution in [0.2, 0.25) is 13.1 Å². The maximum Gasteiger partial charge on any atom is 0.0872 e. The van der Waals surface area contributed by atoms with Gasteiger partial charge in [-0.25, -0.2) is 0 Å². The third-order valence-electron chi connectivity index (χ3n) is 2.99. The molecule has 0 rings (SSSR count). The van der Waals surface area contributed by atoms with Crippen molar-refractivity contribution in [2.24, 2.45) is 0 Å². The largest absolute Gasteiger partial charge is 0.387 e. The highest BCUT2D eigenvalue weighted by Crippen LogP contribution is 2.19. The van der Waals surface area contributed by atoms with Crippen molar-refractivity contribution >= 4 is 26.3 Å². The number of hydrogen-bond acceptors (Lipinski definition) is 4. The summed E-state index contributed by atoms with van der Waals surface area (Å²) in [6, 6.07) is 0. The number of rotatable bonds is 2. The molecule has 132 valence electrons. The normalized spacial score (nSPS) is 11.7. The Morgan fingerprint density at radius 3 is 0.524 bits per heavy atom. The van der Waals surface area contributed by atoms with Crippen molar-refractivity contribution in [3.05, 3.63) is 0 Å². The first-order valence-corrected chi connectivity index (χ1v) is 9.64. The van der Waals surface area contributed by atoms with Crippen LogP contribution in [-0.2, 0) is 0 Å². The van der Waals surface area contributed by atoms with Gasteiger partial charge in [-0.2, -0.15) is 0 Å². The molecule has 0 aliphatic carbocycles. The molecule has 0 aromatic carbocycles. The molecule has 4 N–H and O–H groups in total. The number of hydrogen-bond donors (Lipinski definition) is 4. The maximum atomic E-state index is 9.10. The summed E-state index contributed by atoms with van der Waals surface area (Å²) in [5, 5.41) is 36.4. The molecule has 0 fully saturated rings. The Hall–Kier alpha value is 0.187. The van der Waals surface area contributed by atoms with E-state index in [-0.39, 0.29) is 16.8 Å². The quantitative estimate of drug-likeness (QED) is 0.488. The Kier molecular flexibility index (Phi) is 18.4. The van der Waals surface area contributed by atoms with E-state index in [0.29, 0.717) is 9.52 Å². The minimum absolute atomic E-state index is 0. The highest BCUT2D eigenvalue weighted by molar-refractivity contribution is 6.31. The van der Waals surface area contributed by atoms with Crippen LogP contribution >= 0.6 is 0 Å². The highest BCUT2D eigenvalue weighted by Gasteiger charge is 2.32. The Balaban J connectivity index is -0.0000000634. The van der Waals surface area contributed by atoms with Gasteiger partial charge in [0.1, 0.15) is 0 Å². The molecule has 0 spiro atoms. The smallest absolute Gasteiger partial charge is 0.0872 e. The van der Waals surface area contributed by atoms with Crippen molar-refractivity contribution in [1.82, 2.24) is 0 Å². The van der Waals surface area contributed by atoms with Crippen molar-refractivity contribution in [1.29, 1.82) is 0 Å². The van der Waals surface area contributed by atoms with E-state index in [9.17, 15) is 0 Å². The van der Waals surface area contributed by atoms with Gasteiger partial charge in [0.2, 0.25) is 0 Å². The van der Waals surface area contributed by atoms with Crippen LogP contribution in [0.5, 0.6) is 0 Å². The van der Waals surface area contributed by atoms with Gasteiger partial charge in [-0.05, 0) is 55.4 Å². The molecule has 0 saturated carbocycles. The molecule has 4 nitrogen and oxygen atoms in total. The van der Waals surface area contributed by atoms with Crippen LogP contribution in [0.15, 0.2) is 0 Å². The third kappa shape index (κ3) is 20.2. The van der Waals surface area contributed by atoms with Crippen LogP contribution in [0, 0.1) is 0 Å². The number of aliphatic hydroxyl groups is 4. The van der Waals surface area contributed by atoms with E-state index in [0.717, 1.165) is 0 Å². The van der Waals surface area contributed by atoms with Crippen molar-refractivity contribution in [2.75, 3.05) is 0 Å². The SMILES string of the molecule is B.B.CC(C)(O)C(C)(C)O.CC(C)(O)C(C)(C)O.C[SiH2]C. The lowest BCUT2D eigenvalue weighted by Gasteiger charge is -2.31. The molecule has 0 saturated heterocycles. The topological polar surface area (TPSA) is 80.9 Å². The predicted octanol–water partition coefficient (Wildman–Crippen LogP) is -1.06. The van der Waals surface area contributed by atoms with Crippen molar-refractivity contribution < 1.29 is 20.4 Å².